The van der Waals surface area contributed by atoms with Crippen molar-refractivity contribution in [2.45, 2.75) is 31.8 Å². The summed E-state index contributed by atoms with van der Waals surface area (Å²) < 4.78 is 4.86. The summed E-state index contributed by atoms with van der Waals surface area (Å²) in [5.74, 6) is 0.657. The molecular formula is C10H20N2O2. The molecule has 0 bridgehead atoms. The van der Waals surface area contributed by atoms with Crippen LogP contribution in [0, 0.1) is 5.92 Å². The van der Waals surface area contributed by atoms with Crippen LogP contribution in [0.4, 0.5) is 0 Å². The van der Waals surface area contributed by atoms with Crippen molar-refractivity contribution in [3.05, 3.63) is 0 Å². The molecule has 2 N–H and O–H groups in total. The molecule has 1 saturated carbocycles. The van der Waals surface area contributed by atoms with Gasteiger partial charge in [0.2, 0.25) is 5.91 Å². The molecule has 0 aromatic rings. The van der Waals surface area contributed by atoms with Gasteiger partial charge in [0.1, 0.15) is 6.04 Å². The smallest absolute Gasteiger partial charge is 0.241 e. The molecular weight excluding hydrogens is 180 g/mol. The molecule has 1 fully saturated rings. The summed E-state index contributed by atoms with van der Waals surface area (Å²) in [6, 6.07) is -0.211. The first-order valence-electron chi connectivity index (χ1n) is 5.09. The summed E-state index contributed by atoms with van der Waals surface area (Å²) in [5.41, 5.74) is 5.67. The van der Waals surface area contributed by atoms with E-state index in [4.69, 9.17) is 10.5 Å². The number of likely N-dealkylation sites (N-methyl/N-ethyl adjacent to an activating group) is 1. The van der Waals surface area contributed by atoms with E-state index in [9.17, 15) is 4.79 Å². The summed E-state index contributed by atoms with van der Waals surface area (Å²) in [6.07, 6.45) is 2.47. The Bertz CT molecular complexity index is 204. The van der Waals surface area contributed by atoms with E-state index in [2.05, 4.69) is 6.92 Å². The maximum atomic E-state index is 11.7. The zero-order chi connectivity index (χ0) is 10.7. The van der Waals surface area contributed by atoms with Gasteiger partial charge in [-0.25, -0.2) is 0 Å². The fourth-order valence-corrected chi connectivity index (χ4v) is 1.61. The van der Waals surface area contributed by atoms with Crippen LogP contribution in [0.3, 0.4) is 0 Å². The Hall–Kier alpha value is -0.610. The minimum absolute atomic E-state index is 0.0220. The fourth-order valence-electron chi connectivity index (χ4n) is 1.61. The number of amides is 1. The van der Waals surface area contributed by atoms with Gasteiger partial charge >= 0.3 is 0 Å². The van der Waals surface area contributed by atoms with Gasteiger partial charge in [-0.05, 0) is 25.7 Å². The third-order valence-corrected chi connectivity index (χ3v) is 2.93. The number of carbonyl (C=O) groups is 1. The summed E-state index contributed by atoms with van der Waals surface area (Å²) in [5, 5.41) is 0. The topological polar surface area (TPSA) is 55.6 Å². The van der Waals surface area contributed by atoms with Crippen LogP contribution in [0.5, 0.6) is 0 Å². The van der Waals surface area contributed by atoms with Crippen molar-refractivity contribution in [3.63, 3.8) is 0 Å². The molecule has 1 amide bonds. The number of rotatable bonds is 5. The highest BCUT2D eigenvalue weighted by Crippen LogP contribution is 2.34. The third-order valence-electron chi connectivity index (χ3n) is 2.93. The van der Waals surface area contributed by atoms with Crippen LogP contribution in [0.1, 0.15) is 19.8 Å². The van der Waals surface area contributed by atoms with E-state index in [0.29, 0.717) is 18.6 Å². The van der Waals surface area contributed by atoms with Crippen molar-refractivity contribution in [1.82, 2.24) is 4.90 Å². The average molecular weight is 200 g/mol. The maximum Gasteiger partial charge on any atom is 0.241 e. The highest BCUT2D eigenvalue weighted by atomic mass is 16.5. The van der Waals surface area contributed by atoms with E-state index < -0.39 is 6.04 Å². The average Bonchev–Trinajstić information content (AvgIpc) is 2.98. The van der Waals surface area contributed by atoms with Gasteiger partial charge in [0.15, 0.2) is 0 Å². The lowest BCUT2D eigenvalue weighted by Gasteiger charge is -2.27. The Kier molecular flexibility index (Phi) is 3.89. The molecule has 14 heavy (non-hydrogen) atoms. The highest BCUT2D eigenvalue weighted by Gasteiger charge is 2.33. The molecule has 0 heterocycles. The summed E-state index contributed by atoms with van der Waals surface area (Å²) >= 11 is 0. The van der Waals surface area contributed by atoms with Gasteiger partial charge in [0.25, 0.3) is 0 Å². The Morgan fingerprint density at radius 3 is 2.64 bits per heavy atom. The van der Waals surface area contributed by atoms with Gasteiger partial charge in [-0.15, -0.1) is 0 Å². The second-order valence-corrected chi connectivity index (χ2v) is 4.09. The molecule has 4 nitrogen and oxygen atoms in total. The number of carbonyl (C=O) groups excluding carboxylic acids is 1. The van der Waals surface area contributed by atoms with Gasteiger partial charge in [0, 0.05) is 20.2 Å². The molecule has 0 aliphatic heterocycles. The summed E-state index contributed by atoms with van der Waals surface area (Å²) in [6.45, 7) is 2.37. The quantitative estimate of drug-likeness (QED) is 0.690. The largest absolute Gasteiger partial charge is 0.383 e. The lowest BCUT2D eigenvalue weighted by atomic mass is 10.1. The molecule has 2 unspecified atom stereocenters. The molecule has 4 heteroatoms. The minimum atomic E-state index is -0.522. The standard InChI is InChI=1S/C10H20N2O2/c1-7(8-4-5-8)12(2)10(13)9(11)6-14-3/h7-9H,4-6,11H2,1-3H3. The van der Waals surface area contributed by atoms with E-state index in [0.717, 1.165) is 0 Å². The SMILES string of the molecule is COCC(N)C(=O)N(C)C(C)C1CC1. The van der Waals surface area contributed by atoms with E-state index >= 15 is 0 Å². The van der Waals surface area contributed by atoms with Crippen LogP contribution in [-0.2, 0) is 9.53 Å². The predicted octanol–water partition coefficient (Wildman–Crippen LogP) is 0.217. The Balaban J connectivity index is 2.41. The van der Waals surface area contributed by atoms with Crippen LogP contribution in [0.15, 0.2) is 0 Å². The van der Waals surface area contributed by atoms with Crippen LogP contribution in [0.2, 0.25) is 0 Å². The van der Waals surface area contributed by atoms with Gasteiger partial charge in [-0.1, -0.05) is 0 Å². The number of ether oxygens (including phenoxy) is 1. The van der Waals surface area contributed by atoms with E-state index in [-0.39, 0.29) is 5.91 Å². The first-order chi connectivity index (χ1) is 6.57. The fraction of sp³-hybridized carbons (Fsp3) is 0.900. The molecule has 0 spiro atoms. The number of nitrogens with two attached hydrogens (primary N) is 1. The molecule has 82 valence electrons. The normalized spacial score (nSPS) is 20.3. The van der Waals surface area contributed by atoms with Crippen LogP contribution >= 0.6 is 0 Å². The summed E-state index contributed by atoms with van der Waals surface area (Å²) in [7, 11) is 3.37. The summed E-state index contributed by atoms with van der Waals surface area (Å²) in [4.78, 5) is 13.5. The lowest BCUT2D eigenvalue weighted by Crippen LogP contribution is -2.48. The van der Waals surface area contributed by atoms with Crippen LogP contribution in [0.25, 0.3) is 0 Å². The molecule has 0 aromatic heterocycles. The Morgan fingerprint density at radius 1 is 1.64 bits per heavy atom. The number of nitrogens with zero attached hydrogens (tertiary/aromatic N) is 1. The van der Waals surface area contributed by atoms with Crippen molar-refractivity contribution in [2.75, 3.05) is 20.8 Å². The highest BCUT2D eigenvalue weighted by molar-refractivity contribution is 5.81. The molecule has 0 radical (unpaired) electrons. The van der Waals surface area contributed by atoms with Crippen LogP contribution < -0.4 is 5.73 Å². The van der Waals surface area contributed by atoms with Crippen molar-refractivity contribution >= 4 is 5.91 Å². The Labute approximate surface area is 85.4 Å². The first kappa shape index (κ1) is 11.5. The zero-order valence-corrected chi connectivity index (χ0v) is 9.19. The molecule has 0 aromatic carbocycles. The monoisotopic (exact) mass is 200 g/mol. The first-order valence-corrected chi connectivity index (χ1v) is 5.09. The van der Waals surface area contributed by atoms with Crippen molar-refractivity contribution in [2.24, 2.45) is 11.7 Å². The van der Waals surface area contributed by atoms with Gasteiger partial charge < -0.3 is 15.4 Å². The molecule has 1 aliphatic rings. The predicted molar refractivity (Wildman–Crippen MR) is 54.8 cm³/mol. The molecule has 0 saturated heterocycles. The van der Waals surface area contributed by atoms with Gasteiger partial charge in [0.05, 0.1) is 6.61 Å². The third kappa shape index (κ3) is 2.69. The number of hydrogen-bond acceptors (Lipinski definition) is 3. The molecule has 2 atom stereocenters. The molecule has 1 rings (SSSR count). The van der Waals surface area contributed by atoms with E-state index in [1.165, 1.54) is 12.8 Å². The van der Waals surface area contributed by atoms with Gasteiger partial charge in [-0.3, -0.25) is 4.79 Å². The zero-order valence-electron chi connectivity index (χ0n) is 9.19. The number of methoxy groups -OCH3 is 1. The Morgan fingerprint density at radius 2 is 2.21 bits per heavy atom. The molecule has 1 aliphatic carbocycles. The van der Waals surface area contributed by atoms with E-state index in [1.54, 1.807) is 12.0 Å². The van der Waals surface area contributed by atoms with Gasteiger partial charge in [-0.2, -0.15) is 0 Å². The van der Waals surface area contributed by atoms with Crippen molar-refractivity contribution in [1.29, 1.82) is 0 Å². The second kappa shape index (κ2) is 4.75. The second-order valence-electron chi connectivity index (χ2n) is 4.09. The van der Waals surface area contributed by atoms with Crippen LogP contribution in [-0.4, -0.2) is 43.7 Å². The van der Waals surface area contributed by atoms with E-state index in [1.807, 2.05) is 7.05 Å². The minimum Gasteiger partial charge on any atom is -0.383 e. The lowest BCUT2D eigenvalue weighted by molar-refractivity contribution is -0.134. The number of hydrogen-bond donors (Lipinski definition) is 1. The van der Waals surface area contributed by atoms with Crippen molar-refractivity contribution in [3.8, 4) is 0 Å². The maximum absolute atomic E-state index is 11.7. The van der Waals surface area contributed by atoms with Crippen molar-refractivity contribution < 1.29 is 9.53 Å².